The minimum Gasteiger partial charge on any atom is -0.377 e. The monoisotopic (exact) mass is 230 g/mol. The van der Waals surface area contributed by atoms with E-state index in [1.807, 2.05) is 6.92 Å². The highest BCUT2D eigenvalue weighted by Gasteiger charge is 2.36. The number of carbonyl (C=O) groups is 1. The first-order chi connectivity index (χ1) is 7.63. The number of hydrogen-bond donors (Lipinski definition) is 1. The molecule has 0 radical (unpaired) electrons. The quantitative estimate of drug-likeness (QED) is 0.721. The van der Waals surface area contributed by atoms with Crippen molar-refractivity contribution < 1.29 is 14.3 Å². The van der Waals surface area contributed by atoms with E-state index in [1.54, 1.807) is 19.1 Å². The van der Waals surface area contributed by atoms with Crippen LogP contribution in [0.1, 0.15) is 19.8 Å². The van der Waals surface area contributed by atoms with Crippen molar-refractivity contribution in [3.05, 3.63) is 0 Å². The smallest absolute Gasteiger partial charge is 0.239 e. The molecule has 5 nitrogen and oxygen atoms in total. The first kappa shape index (κ1) is 13.4. The van der Waals surface area contributed by atoms with E-state index in [9.17, 15) is 4.79 Å². The van der Waals surface area contributed by atoms with Crippen molar-refractivity contribution in [2.45, 2.75) is 38.0 Å². The first-order valence-electron chi connectivity index (χ1n) is 5.74. The Kier molecular flexibility index (Phi) is 5.18. The SMILES string of the molecule is CCCC(N)C(=O)N1CC(OC)C(OC)C1. The van der Waals surface area contributed by atoms with Gasteiger partial charge in [-0.3, -0.25) is 4.79 Å². The molecule has 0 aliphatic carbocycles. The zero-order valence-electron chi connectivity index (χ0n) is 10.3. The van der Waals surface area contributed by atoms with Gasteiger partial charge in [0.15, 0.2) is 0 Å². The van der Waals surface area contributed by atoms with Crippen molar-refractivity contribution in [2.24, 2.45) is 5.73 Å². The van der Waals surface area contributed by atoms with Gasteiger partial charge in [0.05, 0.1) is 6.04 Å². The predicted octanol–water partition coefficient (Wildman–Crippen LogP) is -0.0140. The fraction of sp³-hybridized carbons (Fsp3) is 0.909. The summed E-state index contributed by atoms with van der Waals surface area (Å²) in [6.45, 7) is 3.17. The summed E-state index contributed by atoms with van der Waals surface area (Å²) in [6, 6.07) is -0.391. The molecule has 5 heteroatoms. The molecule has 0 saturated carbocycles. The van der Waals surface area contributed by atoms with Crippen LogP contribution < -0.4 is 5.73 Å². The molecule has 1 amide bonds. The van der Waals surface area contributed by atoms with Crippen LogP contribution in [0.25, 0.3) is 0 Å². The summed E-state index contributed by atoms with van der Waals surface area (Å²) in [4.78, 5) is 13.7. The average Bonchev–Trinajstić information content (AvgIpc) is 2.71. The summed E-state index contributed by atoms with van der Waals surface area (Å²) >= 11 is 0. The van der Waals surface area contributed by atoms with E-state index in [0.29, 0.717) is 13.1 Å². The van der Waals surface area contributed by atoms with E-state index in [1.165, 1.54) is 0 Å². The van der Waals surface area contributed by atoms with Gasteiger partial charge in [-0.05, 0) is 6.42 Å². The maximum absolute atomic E-state index is 11.9. The molecule has 1 aliphatic rings. The van der Waals surface area contributed by atoms with Gasteiger partial charge in [-0.15, -0.1) is 0 Å². The molecule has 0 aromatic rings. The highest BCUT2D eigenvalue weighted by atomic mass is 16.5. The molecule has 0 aromatic carbocycles. The Balaban J connectivity index is 2.53. The Hall–Kier alpha value is -0.650. The molecule has 1 heterocycles. The lowest BCUT2D eigenvalue weighted by atomic mass is 10.1. The fourth-order valence-electron chi connectivity index (χ4n) is 2.05. The molecular weight excluding hydrogens is 208 g/mol. The summed E-state index contributed by atoms with van der Waals surface area (Å²) < 4.78 is 10.6. The number of nitrogens with zero attached hydrogens (tertiary/aromatic N) is 1. The molecule has 2 N–H and O–H groups in total. The molecule has 0 spiro atoms. The number of amides is 1. The molecule has 0 bridgehead atoms. The summed E-state index contributed by atoms with van der Waals surface area (Å²) in [7, 11) is 3.27. The Morgan fingerprint density at radius 1 is 1.38 bits per heavy atom. The third-order valence-electron chi connectivity index (χ3n) is 3.05. The first-order valence-corrected chi connectivity index (χ1v) is 5.74. The third kappa shape index (κ3) is 2.93. The lowest BCUT2D eigenvalue weighted by Crippen LogP contribution is -2.43. The van der Waals surface area contributed by atoms with E-state index in [2.05, 4.69) is 0 Å². The standard InChI is InChI=1S/C11H22N2O3/c1-4-5-8(12)11(14)13-6-9(15-2)10(7-13)16-3/h8-10H,4-7,12H2,1-3H3. The second-order valence-electron chi connectivity index (χ2n) is 4.19. The zero-order chi connectivity index (χ0) is 12.1. The molecular formula is C11H22N2O3. The van der Waals surface area contributed by atoms with Gasteiger partial charge in [-0.25, -0.2) is 0 Å². The van der Waals surface area contributed by atoms with Crippen molar-refractivity contribution in [1.82, 2.24) is 4.90 Å². The second-order valence-corrected chi connectivity index (χ2v) is 4.19. The summed E-state index contributed by atoms with van der Waals surface area (Å²) in [5.74, 6) is 0.00319. The number of hydrogen-bond acceptors (Lipinski definition) is 4. The van der Waals surface area contributed by atoms with Crippen molar-refractivity contribution in [1.29, 1.82) is 0 Å². The molecule has 1 saturated heterocycles. The summed E-state index contributed by atoms with van der Waals surface area (Å²) in [5.41, 5.74) is 5.81. The van der Waals surface area contributed by atoms with Crippen molar-refractivity contribution >= 4 is 5.91 Å². The molecule has 0 aromatic heterocycles. The van der Waals surface area contributed by atoms with Gasteiger partial charge in [0.1, 0.15) is 12.2 Å². The van der Waals surface area contributed by atoms with Gasteiger partial charge in [0.25, 0.3) is 0 Å². The number of likely N-dealkylation sites (tertiary alicyclic amines) is 1. The van der Waals surface area contributed by atoms with Crippen LogP contribution in [0.15, 0.2) is 0 Å². The topological polar surface area (TPSA) is 64.8 Å². The number of carbonyl (C=O) groups excluding carboxylic acids is 1. The Bertz CT molecular complexity index is 223. The fourth-order valence-corrected chi connectivity index (χ4v) is 2.05. The van der Waals surface area contributed by atoms with Gasteiger partial charge in [-0.2, -0.15) is 0 Å². The van der Waals surface area contributed by atoms with Crippen LogP contribution >= 0.6 is 0 Å². The van der Waals surface area contributed by atoms with E-state index in [4.69, 9.17) is 15.2 Å². The van der Waals surface area contributed by atoms with Crippen LogP contribution in [-0.2, 0) is 14.3 Å². The van der Waals surface area contributed by atoms with E-state index in [-0.39, 0.29) is 18.1 Å². The normalized spacial score (nSPS) is 27.1. The molecule has 3 unspecified atom stereocenters. The second kappa shape index (κ2) is 6.18. The van der Waals surface area contributed by atoms with Crippen molar-refractivity contribution in [3.8, 4) is 0 Å². The molecule has 94 valence electrons. The Labute approximate surface area is 96.9 Å². The predicted molar refractivity (Wildman–Crippen MR) is 61.1 cm³/mol. The van der Waals surface area contributed by atoms with Crippen LogP contribution in [0.2, 0.25) is 0 Å². The van der Waals surface area contributed by atoms with Crippen LogP contribution in [0.4, 0.5) is 0 Å². The van der Waals surface area contributed by atoms with Gasteiger partial charge in [-0.1, -0.05) is 13.3 Å². The minimum atomic E-state index is -0.391. The van der Waals surface area contributed by atoms with E-state index < -0.39 is 6.04 Å². The van der Waals surface area contributed by atoms with Gasteiger partial charge < -0.3 is 20.1 Å². The number of ether oxygens (including phenoxy) is 2. The summed E-state index contributed by atoms with van der Waals surface area (Å²) in [6.07, 6.45) is 1.57. The van der Waals surface area contributed by atoms with Crippen molar-refractivity contribution in [3.63, 3.8) is 0 Å². The van der Waals surface area contributed by atoms with Crippen LogP contribution in [-0.4, -0.2) is 56.4 Å². The lowest BCUT2D eigenvalue weighted by molar-refractivity contribution is -0.132. The molecule has 3 atom stereocenters. The molecule has 1 aliphatic heterocycles. The van der Waals surface area contributed by atoms with Crippen LogP contribution in [0.3, 0.4) is 0 Å². The molecule has 16 heavy (non-hydrogen) atoms. The molecule has 1 fully saturated rings. The number of nitrogens with two attached hydrogens (primary N) is 1. The zero-order valence-corrected chi connectivity index (χ0v) is 10.3. The highest BCUT2D eigenvalue weighted by molar-refractivity contribution is 5.82. The highest BCUT2D eigenvalue weighted by Crippen LogP contribution is 2.16. The third-order valence-corrected chi connectivity index (χ3v) is 3.05. The van der Waals surface area contributed by atoms with Crippen LogP contribution in [0.5, 0.6) is 0 Å². The number of methoxy groups -OCH3 is 2. The van der Waals surface area contributed by atoms with E-state index in [0.717, 1.165) is 12.8 Å². The largest absolute Gasteiger partial charge is 0.377 e. The van der Waals surface area contributed by atoms with Gasteiger partial charge in [0, 0.05) is 27.3 Å². The minimum absolute atomic E-state index is 0.00319. The number of rotatable bonds is 5. The Morgan fingerprint density at radius 2 is 1.88 bits per heavy atom. The van der Waals surface area contributed by atoms with Crippen LogP contribution in [0, 0.1) is 0 Å². The lowest BCUT2D eigenvalue weighted by Gasteiger charge is -2.20. The van der Waals surface area contributed by atoms with Gasteiger partial charge >= 0.3 is 0 Å². The Morgan fingerprint density at radius 3 is 2.25 bits per heavy atom. The summed E-state index contributed by atoms with van der Waals surface area (Å²) in [5, 5.41) is 0. The van der Waals surface area contributed by atoms with Gasteiger partial charge in [0.2, 0.25) is 5.91 Å². The average molecular weight is 230 g/mol. The maximum Gasteiger partial charge on any atom is 0.239 e. The van der Waals surface area contributed by atoms with Crippen molar-refractivity contribution in [2.75, 3.05) is 27.3 Å². The maximum atomic E-state index is 11.9. The molecule has 1 rings (SSSR count). The van der Waals surface area contributed by atoms with E-state index >= 15 is 0 Å².